The Morgan fingerprint density at radius 1 is 1.21 bits per heavy atom. The molecule has 10 heteroatoms. The lowest BCUT2D eigenvalue weighted by molar-refractivity contribution is -0.153. The zero-order valence-electron chi connectivity index (χ0n) is 15.2. The van der Waals surface area contributed by atoms with Crippen LogP contribution in [0.2, 0.25) is 0 Å². The monoisotopic (exact) mass is 402 g/mol. The molecule has 0 bridgehead atoms. The first-order valence-corrected chi connectivity index (χ1v) is 9.19. The van der Waals surface area contributed by atoms with Crippen molar-refractivity contribution in [3.63, 3.8) is 0 Å². The van der Waals surface area contributed by atoms with Crippen molar-refractivity contribution < 1.29 is 19.1 Å². The first-order chi connectivity index (χ1) is 13.3. The van der Waals surface area contributed by atoms with Crippen molar-refractivity contribution in [3.8, 4) is 0 Å². The number of ether oxygens (including phenoxy) is 1. The molecule has 0 aliphatic carbocycles. The minimum atomic E-state index is -1.12. The van der Waals surface area contributed by atoms with Crippen LogP contribution in [0.15, 0.2) is 40.5 Å². The summed E-state index contributed by atoms with van der Waals surface area (Å²) in [7, 11) is 1.61. The number of thiophene rings is 1. The quantitative estimate of drug-likeness (QED) is 0.597. The number of benzene rings is 1. The van der Waals surface area contributed by atoms with Gasteiger partial charge in [-0.25, -0.2) is 4.79 Å². The van der Waals surface area contributed by atoms with Crippen molar-refractivity contribution in [1.29, 1.82) is 0 Å². The molecule has 0 radical (unpaired) electrons. The molecule has 3 N–H and O–H groups in total. The average molecular weight is 402 g/mol. The smallest absolute Gasteiger partial charge is 0.329 e. The van der Waals surface area contributed by atoms with E-state index < -0.39 is 23.9 Å². The number of amides is 2. The first kappa shape index (κ1) is 19.4. The second kappa shape index (κ2) is 7.69. The fourth-order valence-electron chi connectivity index (χ4n) is 2.75. The summed E-state index contributed by atoms with van der Waals surface area (Å²) in [6.45, 7) is 1.07. The number of rotatable bonds is 6. The topological polar surface area (TPSA) is 125 Å². The maximum Gasteiger partial charge on any atom is 0.329 e. The Kier molecular flexibility index (Phi) is 5.32. The van der Waals surface area contributed by atoms with E-state index in [9.17, 15) is 19.2 Å². The third-order valence-corrected chi connectivity index (χ3v) is 5.01. The summed E-state index contributed by atoms with van der Waals surface area (Å²) >= 11 is 1.13. The minimum Gasteiger partial charge on any atom is -0.451 e. The van der Waals surface area contributed by atoms with E-state index in [0.29, 0.717) is 11.0 Å². The van der Waals surface area contributed by atoms with Gasteiger partial charge in [0.05, 0.1) is 16.6 Å². The van der Waals surface area contributed by atoms with Crippen molar-refractivity contribution in [2.24, 2.45) is 12.8 Å². The van der Waals surface area contributed by atoms with Crippen LogP contribution in [-0.4, -0.2) is 33.0 Å². The van der Waals surface area contributed by atoms with Crippen LogP contribution in [0, 0.1) is 0 Å². The van der Waals surface area contributed by atoms with Crippen LogP contribution in [0.5, 0.6) is 0 Å². The summed E-state index contributed by atoms with van der Waals surface area (Å²) in [5.41, 5.74) is 6.33. The standard InChI is InChI=1S/C18H18N4O5S/c1-10(16(25)20-17-11(15(19)24)7-8-28-17)27-14(23)9-22-13-6-4-3-5-12(13)21(2)18(22)26/h3-8,10H,9H2,1-2H3,(H2,19,24)(H,20,25). The Morgan fingerprint density at radius 3 is 2.57 bits per heavy atom. The number of aryl methyl sites for hydroxylation is 1. The van der Waals surface area contributed by atoms with Crippen LogP contribution in [0.4, 0.5) is 5.00 Å². The molecule has 3 aromatic rings. The number of carbonyl (C=O) groups excluding carboxylic acids is 3. The van der Waals surface area contributed by atoms with E-state index in [1.54, 1.807) is 36.7 Å². The van der Waals surface area contributed by atoms with Gasteiger partial charge in [0, 0.05) is 7.05 Å². The van der Waals surface area contributed by atoms with Crippen LogP contribution in [0.25, 0.3) is 11.0 Å². The highest BCUT2D eigenvalue weighted by Gasteiger charge is 2.22. The SMILES string of the molecule is CC(OC(=O)Cn1c(=O)n(C)c2ccccc21)C(=O)Nc1sccc1C(N)=O. The molecule has 1 atom stereocenters. The van der Waals surface area contributed by atoms with Crippen LogP contribution >= 0.6 is 11.3 Å². The maximum absolute atomic E-state index is 12.4. The van der Waals surface area contributed by atoms with E-state index in [1.165, 1.54) is 22.1 Å². The number of esters is 1. The van der Waals surface area contributed by atoms with Gasteiger partial charge in [-0.1, -0.05) is 12.1 Å². The van der Waals surface area contributed by atoms with E-state index in [0.717, 1.165) is 11.3 Å². The molecule has 0 spiro atoms. The zero-order valence-corrected chi connectivity index (χ0v) is 16.0. The fraction of sp³-hybridized carbons (Fsp3) is 0.222. The Bertz CT molecular complexity index is 1130. The molecule has 2 amide bonds. The molecule has 0 aliphatic heterocycles. The Hall–Kier alpha value is -3.40. The molecule has 9 nitrogen and oxygen atoms in total. The van der Waals surface area contributed by atoms with E-state index in [4.69, 9.17) is 10.5 Å². The summed E-state index contributed by atoms with van der Waals surface area (Å²) in [5.74, 6) is -2.01. The lowest BCUT2D eigenvalue weighted by Gasteiger charge is -2.13. The van der Waals surface area contributed by atoms with Gasteiger partial charge in [0.15, 0.2) is 6.10 Å². The summed E-state index contributed by atoms with van der Waals surface area (Å²) in [5, 5.41) is 4.41. The predicted molar refractivity (Wildman–Crippen MR) is 104 cm³/mol. The fourth-order valence-corrected chi connectivity index (χ4v) is 3.54. The average Bonchev–Trinajstić information content (AvgIpc) is 3.21. The molecular formula is C18H18N4O5S. The van der Waals surface area contributed by atoms with Gasteiger partial charge in [-0.2, -0.15) is 0 Å². The van der Waals surface area contributed by atoms with Crippen molar-refractivity contribution in [2.75, 3.05) is 5.32 Å². The molecule has 2 heterocycles. The molecule has 1 unspecified atom stereocenters. The van der Waals surface area contributed by atoms with Crippen molar-refractivity contribution in [2.45, 2.75) is 19.6 Å². The predicted octanol–water partition coefficient (Wildman–Crippen LogP) is 1.07. The van der Waals surface area contributed by atoms with Gasteiger partial charge in [-0.3, -0.25) is 23.5 Å². The van der Waals surface area contributed by atoms with Crippen LogP contribution < -0.4 is 16.7 Å². The van der Waals surface area contributed by atoms with Crippen LogP contribution in [-0.2, 0) is 27.9 Å². The minimum absolute atomic E-state index is 0.180. The molecule has 0 saturated carbocycles. The third-order valence-electron chi connectivity index (χ3n) is 4.18. The first-order valence-electron chi connectivity index (χ1n) is 8.31. The summed E-state index contributed by atoms with van der Waals surface area (Å²) < 4.78 is 7.86. The number of nitrogens with one attached hydrogen (secondary N) is 1. The normalized spacial score (nSPS) is 11.9. The summed E-state index contributed by atoms with van der Waals surface area (Å²) in [4.78, 5) is 48.2. The molecule has 1 aromatic carbocycles. The molecule has 0 saturated heterocycles. The van der Waals surface area contributed by atoms with Crippen molar-refractivity contribution in [1.82, 2.24) is 9.13 Å². The van der Waals surface area contributed by atoms with E-state index in [-0.39, 0.29) is 22.8 Å². The molecule has 3 rings (SSSR count). The Morgan fingerprint density at radius 2 is 1.89 bits per heavy atom. The van der Waals surface area contributed by atoms with Gasteiger partial charge < -0.3 is 15.8 Å². The van der Waals surface area contributed by atoms with Gasteiger partial charge >= 0.3 is 11.7 Å². The van der Waals surface area contributed by atoms with Crippen molar-refractivity contribution >= 4 is 45.2 Å². The Labute approximate surface area is 163 Å². The van der Waals surface area contributed by atoms with Crippen molar-refractivity contribution in [3.05, 3.63) is 51.8 Å². The second-order valence-electron chi connectivity index (χ2n) is 6.07. The number of primary amides is 1. The lowest BCUT2D eigenvalue weighted by atomic mass is 10.3. The van der Waals surface area contributed by atoms with E-state index >= 15 is 0 Å². The number of aromatic nitrogens is 2. The number of hydrogen-bond donors (Lipinski definition) is 2. The molecule has 2 aromatic heterocycles. The number of fused-ring (bicyclic) bond motifs is 1. The van der Waals surface area contributed by atoms with E-state index in [1.807, 2.05) is 0 Å². The maximum atomic E-state index is 12.4. The van der Waals surface area contributed by atoms with Gasteiger partial charge in [0.25, 0.3) is 11.8 Å². The van der Waals surface area contributed by atoms with Gasteiger partial charge in [-0.05, 0) is 30.5 Å². The molecule has 146 valence electrons. The lowest BCUT2D eigenvalue weighted by Crippen LogP contribution is -2.33. The molecular weight excluding hydrogens is 384 g/mol. The zero-order chi connectivity index (χ0) is 20.4. The number of anilines is 1. The molecule has 28 heavy (non-hydrogen) atoms. The highest BCUT2D eigenvalue weighted by molar-refractivity contribution is 7.14. The summed E-state index contributed by atoms with van der Waals surface area (Å²) in [6.07, 6.45) is -1.12. The van der Waals surface area contributed by atoms with Gasteiger partial charge in [0.2, 0.25) is 0 Å². The largest absolute Gasteiger partial charge is 0.451 e. The third kappa shape index (κ3) is 3.67. The number of hydrogen-bond acceptors (Lipinski definition) is 6. The number of carbonyl (C=O) groups is 3. The van der Waals surface area contributed by atoms with Gasteiger partial charge in [-0.15, -0.1) is 11.3 Å². The number of nitrogens with zero attached hydrogens (tertiary/aromatic N) is 2. The number of para-hydroxylation sites is 2. The molecule has 0 aliphatic rings. The van der Waals surface area contributed by atoms with Crippen LogP contribution in [0.1, 0.15) is 17.3 Å². The van der Waals surface area contributed by atoms with E-state index in [2.05, 4.69) is 5.32 Å². The second-order valence-corrected chi connectivity index (χ2v) is 6.98. The number of nitrogens with two attached hydrogens (primary N) is 1. The highest BCUT2D eigenvalue weighted by Crippen LogP contribution is 2.23. The summed E-state index contributed by atoms with van der Waals surface area (Å²) in [6, 6.07) is 8.54. The highest BCUT2D eigenvalue weighted by atomic mass is 32.1. The van der Waals surface area contributed by atoms with Gasteiger partial charge in [0.1, 0.15) is 11.5 Å². The van der Waals surface area contributed by atoms with Crippen LogP contribution in [0.3, 0.4) is 0 Å². The molecule has 0 fully saturated rings. The Balaban J connectivity index is 1.69. The number of imidazole rings is 1.